The van der Waals surface area contributed by atoms with E-state index in [1.54, 1.807) is 31.2 Å². The van der Waals surface area contributed by atoms with E-state index in [0.717, 1.165) is 22.9 Å². The summed E-state index contributed by atoms with van der Waals surface area (Å²) >= 11 is 1.04. The maximum atomic E-state index is 13.5. The van der Waals surface area contributed by atoms with Crippen molar-refractivity contribution in [3.63, 3.8) is 0 Å². The summed E-state index contributed by atoms with van der Waals surface area (Å²) in [6.07, 6.45) is 0. The molecule has 0 unspecified atom stereocenters. The molecule has 2 aromatic carbocycles. The van der Waals surface area contributed by atoms with E-state index in [0.29, 0.717) is 4.90 Å². The van der Waals surface area contributed by atoms with Crippen LogP contribution in [-0.2, 0) is 4.79 Å². The maximum absolute atomic E-state index is 13.5. The number of nitro groups is 1. The minimum atomic E-state index is -0.536. The van der Waals surface area contributed by atoms with Crippen molar-refractivity contribution in [3.8, 4) is 0 Å². The summed E-state index contributed by atoms with van der Waals surface area (Å²) in [6, 6.07) is 9.13. The lowest BCUT2D eigenvalue weighted by Gasteiger charge is -2.09. The van der Waals surface area contributed by atoms with Crippen molar-refractivity contribution in [1.29, 1.82) is 0 Å². The van der Waals surface area contributed by atoms with Gasteiger partial charge in [-0.3, -0.25) is 14.9 Å². The Kier molecular flexibility index (Phi) is 5.33. The first kappa shape index (κ1) is 17.0. The molecule has 0 atom stereocenters. The van der Waals surface area contributed by atoms with E-state index in [4.69, 9.17) is 0 Å². The Hall–Kier alpha value is -2.41. The van der Waals surface area contributed by atoms with Crippen molar-refractivity contribution >= 4 is 29.0 Å². The van der Waals surface area contributed by atoms with E-state index in [-0.39, 0.29) is 17.1 Å². The number of hydrogen-bond acceptors (Lipinski definition) is 4. The molecule has 1 amide bonds. The first-order valence-corrected chi connectivity index (χ1v) is 7.80. The molecule has 0 fully saturated rings. The fraction of sp³-hybridized carbons (Fsp3) is 0.188. The number of benzene rings is 2. The number of anilines is 1. The molecule has 7 heteroatoms. The molecule has 0 aliphatic rings. The molecule has 0 heterocycles. The van der Waals surface area contributed by atoms with E-state index in [2.05, 4.69) is 5.32 Å². The van der Waals surface area contributed by atoms with Gasteiger partial charge in [-0.15, -0.1) is 11.8 Å². The van der Waals surface area contributed by atoms with Crippen LogP contribution < -0.4 is 5.32 Å². The summed E-state index contributed by atoms with van der Waals surface area (Å²) in [5.74, 6) is -0.863. The Balaban J connectivity index is 2.10. The smallest absolute Gasteiger partial charge is 0.293 e. The molecule has 0 bridgehead atoms. The SMILES string of the molecule is Cc1cc(NC(=O)CSc2ccccc2F)c([N+](=O)[O-])cc1C. The lowest BCUT2D eigenvalue weighted by molar-refractivity contribution is -0.384. The first-order valence-electron chi connectivity index (χ1n) is 6.81. The molecule has 120 valence electrons. The topological polar surface area (TPSA) is 72.2 Å². The molecular weight excluding hydrogens is 319 g/mol. The highest BCUT2D eigenvalue weighted by molar-refractivity contribution is 8.00. The minimum Gasteiger partial charge on any atom is -0.320 e. The van der Waals surface area contributed by atoms with Gasteiger partial charge in [-0.05, 0) is 43.2 Å². The molecule has 0 radical (unpaired) electrons. The molecule has 0 saturated heterocycles. The largest absolute Gasteiger partial charge is 0.320 e. The van der Waals surface area contributed by atoms with Gasteiger partial charge in [0, 0.05) is 11.0 Å². The molecule has 2 rings (SSSR count). The van der Waals surface area contributed by atoms with Gasteiger partial charge in [-0.2, -0.15) is 0 Å². The highest BCUT2D eigenvalue weighted by atomic mass is 32.2. The van der Waals surface area contributed by atoms with Crippen molar-refractivity contribution in [1.82, 2.24) is 0 Å². The third kappa shape index (κ3) is 4.29. The zero-order valence-corrected chi connectivity index (χ0v) is 13.4. The summed E-state index contributed by atoms with van der Waals surface area (Å²) in [5, 5.41) is 13.6. The van der Waals surface area contributed by atoms with Crippen LogP contribution in [0.25, 0.3) is 0 Å². The van der Waals surface area contributed by atoms with Gasteiger partial charge < -0.3 is 5.32 Å². The molecule has 5 nitrogen and oxygen atoms in total. The van der Waals surface area contributed by atoms with Crippen molar-refractivity contribution in [2.75, 3.05) is 11.1 Å². The molecule has 0 aliphatic heterocycles. The van der Waals surface area contributed by atoms with Gasteiger partial charge in [0.2, 0.25) is 5.91 Å². The van der Waals surface area contributed by atoms with Crippen molar-refractivity contribution < 1.29 is 14.1 Å². The van der Waals surface area contributed by atoms with Crippen LogP contribution in [0.15, 0.2) is 41.3 Å². The number of carbonyl (C=O) groups excluding carboxylic acids is 1. The number of rotatable bonds is 5. The fourth-order valence-electron chi connectivity index (χ4n) is 1.94. The average Bonchev–Trinajstić information content (AvgIpc) is 2.49. The molecule has 0 saturated carbocycles. The van der Waals surface area contributed by atoms with Gasteiger partial charge in [0.05, 0.1) is 10.7 Å². The number of amides is 1. The number of nitro benzene ring substituents is 1. The van der Waals surface area contributed by atoms with Crippen LogP contribution in [-0.4, -0.2) is 16.6 Å². The third-order valence-electron chi connectivity index (χ3n) is 3.28. The second-order valence-electron chi connectivity index (χ2n) is 4.98. The predicted octanol–water partition coefficient (Wildman–Crippen LogP) is 4.08. The Morgan fingerprint density at radius 1 is 1.26 bits per heavy atom. The lowest BCUT2D eigenvalue weighted by atomic mass is 10.1. The van der Waals surface area contributed by atoms with Crippen LogP contribution in [0.2, 0.25) is 0 Å². The van der Waals surface area contributed by atoms with Gasteiger partial charge in [-0.25, -0.2) is 4.39 Å². The summed E-state index contributed by atoms with van der Waals surface area (Å²) < 4.78 is 13.5. The quantitative estimate of drug-likeness (QED) is 0.508. The summed E-state index contributed by atoms with van der Waals surface area (Å²) in [5.41, 5.74) is 1.61. The first-order chi connectivity index (χ1) is 10.9. The zero-order chi connectivity index (χ0) is 17.0. The van der Waals surface area contributed by atoms with Crippen LogP contribution in [0.5, 0.6) is 0 Å². The van der Waals surface area contributed by atoms with Crippen molar-refractivity contribution in [2.45, 2.75) is 18.7 Å². The molecular formula is C16H15FN2O3S. The number of hydrogen-bond donors (Lipinski definition) is 1. The minimum absolute atomic E-state index is 0.0367. The fourth-order valence-corrected chi connectivity index (χ4v) is 2.68. The highest BCUT2D eigenvalue weighted by Crippen LogP contribution is 2.28. The van der Waals surface area contributed by atoms with E-state index >= 15 is 0 Å². The average molecular weight is 334 g/mol. The monoisotopic (exact) mass is 334 g/mol. The molecule has 0 aromatic heterocycles. The predicted molar refractivity (Wildman–Crippen MR) is 88.3 cm³/mol. The number of aryl methyl sites for hydroxylation is 2. The van der Waals surface area contributed by atoms with Gasteiger partial charge in [0.1, 0.15) is 11.5 Å². The van der Waals surface area contributed by atoms with Crippen molar-refractivity contribution in [3.05, 3.63) is 63.5 Å². The Morgan fingerprint density at radius 2 is 1.91 bits per heavy atom. The molecule has 0 aliphatic carbocycles. The second kappa shape index (κ2) is 7.23. The summed E-state index contributed by atoms with van der Waals surface area (Å²) in [4.78, 5) is 22.9. The van der Waals surface area contributed by atoms with Crippen LogP contribution in [0.3, 0.4) is 0 Å². The summed E-state index contributed by atoms with van der Waals surface area (Å²) in [7, 11) is 0. The zero-order valence-electron chi connectivity index (χ0n) is 12.6. The number of nitrogens with zero attached hydrogens (tertiary/aromatic N) is 1. The third-order valence-corrected chi connectivity index (χ3v) is 4.33. The molecule has 1 N–H and O–H groups in total. The van der Waals surface area contributed by atoms with E-state index < -0.39 is 16.6 Å². The number of halogens is 1. The summed E-state index contributed by atoms with van der Waals surface area (Å²) in [6.45, 7) is 3.57. The maximum Gasteiger partial charge on any atom is 0.293 e. The van der Waals surface area contributed by atoms with E-state index in [9.17, 15) is 19.3 Å². The van der Waals surface area contributed by atoms with Gasteiger partial charge in [-0.1, -0.05) is 12.1 Å². The Morgan fingerprint density at radius 3 is 2.57 bits per heavy atom. The molecule has 0 spiro atoms. The number of thioether (sulfide) groups is 1. The van der Waals surface area contributed by atoms with E-state index in [1.165, 1.54) is 12.1 Å². The Bertz CT molecular complexity index is 765. The van der Waals surface area contributed by atoms with Gasteiger partial charge in [0.15, 0.2) is 0 Å². The highest BCUT2D eigenvalue weighted by Gasteiger charge is 2.17. The van der Waals surface area contributed by atoms with Crippen LogP contribution >= 0.6 is 11.8 Å². The Labute approximate surface area is 137 Å². The van der Waals surface area contributed by atoms with Gasteiger partial charge in [0.25, 0.3) is 5.69 Å². The van der Waals surface area contributed by atoms with E-state index in [1.807, 2.05) is 6.92 Å². The van der Waals surface area contributed by atoms with Crippen LogP contribution in [0.4, 0.5) is 15.8 Å². The number of nitrogens with one attached hydrogen (secondary N) is 1. The molecule has 23 heavy (non-hydrogen) atoms. The van der Waals surface area contributed by atoms with Crippen LogP contribution in [0.1, 0.15) is 11.1 Å². The van der Waals surface area contributed by atoms with Gasteiger partial charge >= 0.3 is 0 Å². The molecule has 2 aromatic rings. The number of carbonyl (C=O) groups is 1. The lowest BCUT2D eigenvalue weighted by Crippen LogP contribution is -2.15. The van der Waals surface area contributed by atoms with Crippen molar-refractivity contribution in [2.24, 2.45) is 0 Å². The second-order valence-corrected chi connectivity index (χ2v) is 6.00. The van der Waals surface area contributed by atoms with Crippen LogP contribution in [0, 0.1) is 29.8 Å². The normalized spacial score (nSPS) is 10.4. The standard InChI is InChI=1S/C16H15FN2O3S/c1-10-7-13(14(19(21)22)8-11(10)2)18-16(20)9-23-15-6-4-3-5-12(15)17/h3-8H,9H2,1-2H3,(H,18,20).